The van der Waals surface area contributed by atoms with E-state index in [2.05, 4.69) is 20.6 Å². The third-order valence-electron chi connectivity index (χ3n) is 4.60. The van der Waals surface area contributed by atoms with Crippen LogP contribution in [0.3, 0.4) is 0 Å². The van der Waals surface area contributed by atoms with E-state index in [4.69, 9.17) is 4.74 Å². The summed E-state index contributed by atoms with van der Waals surface area (Å²) in [4.78, 5) is 18.1. The van der Waals surface area contributed by atoms with E-state index in [1.165, 1.54) is 23.5 Å². The summed E-state index contributed by atoms with van der Waals surface area (Å²) < 4.78 is 19.9. The minimum absolute atomic E-state index is 0.178. The number of amides is 1. The van der Waals surface area contributed by atoms with Crippen molar-refractivity contribution in [2.45, 2.75) is 20.0 Å². The highest BCUT2D eigenvalue weighted by atomic mass is 32.1. The van der Waals surface area contributed by atoms with Crippen LogP contribution in [0.15, 0.2) is 54.7 Å². The van der Waals surface area contributed by atoms with E-state index in [0.29, 0.717) is 17.2 Å². The van der Waals surface area contributed by atoms with Gasteiger partial charge in [0.2, 0.25) is 0 Å². The molecule has 0 radical (unpaired) electrons. The van der Waals surface area contributed by atoms with Gasteiger partial charge in [-0.3, -0.25) is 10.1 Å². The Bertz CT molecular complexity index is 1190. The molecule has 1 N–H and O–H groups in total. The first-order valence-electron chi connectivity index (χ1n) is 9.54. The van der Waals surface area contributed by atoms with Crippen molar-refractivity contribution >= 4 is 22.4 Å². The van der Waals surface area contributed by atoms with Gasteiger partial charge in [0.1, 0.15) is 11.5 Å². The molecule has 0 spiro atoms. The molecule has 9 heteroatoms. The fraction of sp³-hybridized carbons (Fsp3) is 0.182. The predicted octanol–water partition coefficient (Wildman–Crippen LogP) is 4.16. The van der Waals surface area contributed by atoms with E-state index >= 15 is 0 Å². The molecule has 4 aromatic rings. The number of nitrogens with zero attached hydrogens (tertiary/aromatic N) is 4. The van der Waals surface area contributed by atoms with Crippen molar-refractivity contribution in [1.82, 2.24) is 20.0 Å². The van der Waals surface area contributed by atoms with Crippen LogP contribution < -0.4 is 5.32 Å². The van der Waals surface area contributed by atoms with Crippen molar-refractivity contribution in [2.75, 3.05) is 12.4 Å². The number of rotatable bonds is 7. The summed E-state index contributed by atoms with van der Waals surface area (Å²) in [6, 6.07) is 14.1. The number of thiazole rings is 1. The summed E-state index contributed by atoms with van der Waals surface area (Å²) in [6.07, 6.45) is 2.30. The van der Waals surface area contributed by atoms with Crippen LogP contribution >= 0.6 is 11.3 Å². The third kappa shape index (κ3) is 4.84. The van der Waals surface area contributed by atoms with Crippen LogP contribution in [-0.2, 0) is 17.8 Å². The molecule has 0 saturated heterocycles. The van der Waals surface area contributed by atoms with Gasteiger partial charge in [0, 0.05) is 24.6 Å². The predicted molar refractivity (Wildman–Crippen MR) is 116 cm³/mol. The number of ether oxygens (including phenoxy) is 1. The lowest BCUT2D eigenvalue weighted by Gasteiger charge is -2.07. The van der Waals surface area contributed by atoms with Gasteiger partial charge in [0.25, 0.3) is 5.91 Å². The zero-order valence-electron chi connectivity index (χ0n) is 17.0. The van der Waals surface area contributed by atoms with E-state index in [1.54, 1.807) is 30.1 Å². The standard InChI is InChI=1S/C22H20FN5O2S/c1-14-3-9-17(10-4-14)28-19(13-30-2)20(26-27-28)21(29)25-22-24-12-18(31-22)11-15-5-7-16(23)8-6-15/h3-10,12H,11,13H2,1-2H3,(H,24,25,29). The first-order valence-corrected chi connectivity index (χ1v) is 10.4. The van der Waals surface area contributed by atoms with Crippen molar-refractivity contribution in [3.63, 3.8) is 0 Å². The molecular weight excluding hydrogens is 417 g/mol. The number of benzene rings is 2. The number of aryl methyl sites for hydroxylation is 1. The summed E-state index contributed by atoms with van der Waals surface area (Å²) in [5, 5.41) is 11.5. The van der Waals surface area contributed by atoms with E-state index in [-0.39, 0.29) is 18.1 Å². The van der Waals surface area contributed by atoms with Crippen molar-refractivity contribution in [3.05, 3.63) is 87.9 Å². The molecule has 0 aliphatic carbocycles. The minimum atomic E-state index is -0.409. The lowest BCUT2D eigenvalue weighted by atomic mass is 10.1. The van der Waals surface area contributed by atoms with Gasteiger partial charge < -0.3 is 4.74 Å². The first-order chi connectivity index (χ1) is 15.0. The number of hydrogen-bond donors (Lipinski definition) is 1. The zero-order chi connectivity index (χ0) is 21.8. The smallest absolute Gasteiger partial charge is 0.280 e. The van der Waals surface area contributed by atoms with Gasteiger partial charge in [-0.1, -0.05) is 35.0 Å². The SMILES string of the molecule is COCc1c(C(=O)Nc2ncc(Cc3ccc(F)cc3)s2)nnn1-c1ccc(C)cc1. The van der Waals surface area contributed by atoms with Crippen LogP contribution in [0.25, 0.3) is 5.69 Å². The number of aromatic nitrogens is 4. The van der Waals surface area contributed by atoms with Crippen LogP contribution in [0.1, 0.15) is 32.2 Å². The second kappa shape index (κ2) is 9.15. The fourth-order valence-corrected chi connectivity index (χ4v) is 3.89. The summed E-state index contributed by atoms with van der Waals surface area (Å²) >= 11 is 1.36. The van der Waals surface area contributed by atoms with Gasteiger partial charge in [0.15, 0.2) is 10.8 Å². The number of methoxy groups -OCH3 is 1. The summed E-state index contributed by atoms with van der Waals surface area (Å²) in [7, 11) is 1.55. The normalized spacial score (nSPS) is 10.9. The largest absolute Gasteiger partial charge is 0.378 e. The fourth-order valence-electron chi connectivity index (χ4n) is 3.04. The van der Waals surface area contributed by atoms with E-state index in [0.717, 1.165) is 21.7 Å². The molecule has 0 fully saturated rings. The average Bonchev–Trinajstić information content (AvgIpc) is 3.38. The van der Waals surface area contributed by atoms with Crippen LogP contribution in [-0.4, -0.2) is 33.0 Å². The molecule has 4 rings (SSSR count). The van der Waals surface area contributed by atoms with Crippen LogP contribution in [0.4, 0.5) is 9.52 Å². The molecular formula is C22H20FN5O2S. The Morgan fingerprint density at radius 1 is 1.16 bits per heavy atom. The quantitative estimate of drug-likeness (QED) is 0.470. The van der Waals surface area contributed by atoms with Gasteiger partial charge in [-0.15, -0.1) is 16.4 Å². The summed E-state index contributed by atoms with van der Waals surface area (Å²) in [6.45, 7) is 2.18. The van der Waals surface area contributed by atoms with E-state index < -0.39 is 5.91 Å². The number of anilines is 1. The molecule has 0 atom stereocenters. The average molecular weight is 438 g/mol. The molecule has 158 valence electrons. The Labute approximate surface area is 182 Å². The van der Waals surface area contributed by atoms with E-state index in [9.17, 15) is 9.18 Å². The van der Waals surface area contributed by atoms with Crippen molar-refractivity contribution in [3.8, 4) is 5.69 Å². The van der Waals surface area contributed by atoms with Crippen LogP contribution in [0, 0.1) is 12.7 Å². The Hall–Kier alpha value is -3.43. The van der Waals surface area contributed by atoms with Crippen LogP contribution in [0.2, 0.25) is 0 Å². The second-order valence-corrected chi connectivity index (χ2v) is 8.07. The molecule has 1 amide bonds. The van der Waals surface area contributed by atoms with Crippen LogP contribution in [0.5, 0.6) is 0 Å². The first kappa shape index (κ1) is 20.8. The Balaban J connectivity index is 1.51. The topological polar surface area (TPSA) is 81.9 Å². The molecule has 7 nitrogen and oxygen atoms in total. The zero-order valence-corrected chi connectivity index (χ0v) is 17.8. The Morgan fingerprint density at radius 2 is 1.90 bits per heavy atom. The molecule has 0 bridgehead atoms. The Morgan fingerprint density at radius 3 is 2.61 bits per heavy atom. The summed E-state index contributed by atoms with van der Waals surface area (Å²) in [5.41, 5.74) is 3.60. The maximum atomic E-state index is 13.1. The molecule has 31 heavy (non-hydrogen) atoms. The highest BCUT2D eigenvalue weighted by Gasteiger charge is 2.21. The van der Waals surface area contributed by atoms with Gasteiger partial charge >= 0.3 is 0 Å². The minimum Gasteiger partial charge on any atom is -0.378 e. The Kier molecular flexibility index (Phi) is 6.15. The van der Waals surface area contributed by atoms with E-state index in [1.807, 2.05) is 31.2 Å². The van der Waals surface area contributed by atoms with Gasteiger partial charge in [0.05, 0.1) is 12.3 Å². The maximum Gasteiger partial charge on any atom is 0.280 e. The molecule has 2 aromatic heterocycles. The molecule has 2 aromatic carbocycles. The molecule has 2 heterocycles. The number of carbonyl (C=O) groups is 1. The maximum absolute atomic E-state index is 13.1. The van der Waals surface area contributed by atoms with Gasteiger partial charge in [-0.05, 0) is 36.8 Å². The molecule has 0 saturated carbocycles. The van der Waals surface area contributed by atoms with Gasteiger partial charge in [-0.2, -0.15) is 0 Å². The molecule has 0 unspecified atom stereocenters. The highest BCUT2D eigenvalue weighted by Crippen LogP contribution is 2.23. The lowest BCUT2D eigenvalue weighted by molar-refractivity contribution is 0.101. The number of nitrogens with one attached hydrogen (secondary N) is 1. The summed E-state index contributed by atoms with van der Waals surface area (Å²) in [5.74, 6) is -0.681. The number of hydrogen-bond acceptors (Lipinski definition) is 6. The van der Waals surface area contributed by atoms with Gasteiger partial charge in [-0.25, -0.2) is 14.1 Å². The molecule has 0 aliphatic heterocycles. The molecule has 0 aliphatic rings. The monoisotopic (exact) mass is 437 g/mol. The number of carbonyl (C=O) groups excluding carboxylic acids is 1. The third-order valence-corrected chi connectivity index (χ3v) is 5.52. The van der Waals surface area contributed by atoms with Crippen molar-refractivity contribution < 1.29 is 13.9 Å². The van der Waals surface area contributed by atoms with Crippen molar-refractivity contribution in [1.29, 1.82) is 0 Å². The second-order valence-electron chi connectivity index (χ2n) is 6.95. The van der Waals surface area contributed by atoms with Crippen molar-refractivity contribution in [2.24, 2.45) is 0 Å². The highest BCUT2D eigenvalue weighted by molar-refractivity contribution is 7.15. The number of halogens is 1. The lowest BCUT2D eigenvalue weighted by Crippen LogP contribution is -2.15.